The van der Waals surface area contributed by atoms with Crippen LogP contribution in [0.15, 0.2) is 34.7 Å². The van der Waals surface area contributed by atoms with Crippen LogP contribution in [0.3, 0.4) is 0 Å². The number of oxazole rings is 1. The molecule has 0 N–H and O–H groups in total. The van der Waals surface area contributed by atoms with Crippen molar-refractivity contribution in [3.05, 3.63) is 53.5 Å². The van der Waals surface area contributed by atoms with Gasteiger partial charge in [-0.25, -0.2) is 14.6 Å². The van der Waals surface area contributed by atoms with Crippen LogP contribution in [-0.4, -0.2) is 37.1 Å². The van der Waals surface area contributed by atoms with Crippen LogP contribution in [0, 0.1) is 12.8 Å². The molecule has 4 rings (SSSR count). The lowest BCUT2D eigenvalue weighted by atomic mass is 9.99. The number of benzene rings is 1. The fourth-order valence-electron chi connectivity index (χ4n) is 3.75. The predicted molar refractivity (Wildman–Crippen MR) is 105 cm³/mol. The minimum atomic E-state index is -0.166. The van der Waals surface area contributed by atoms with Gasteiger partial charge in [0.05, 0.1) is 18.3 Å². The van der Waals surface area contributed by atoms with E-state index in [1.165, 1.54) is 0 Å². The summed E-state index contributed by atoms with van der Waals surface area (Å²) in [5.41, 5.74) is 1.62. The molecular weight excluding hydrogens is 354 g/mol. The first-order valence-corrected chi connectivity index (χ1v) is 9.77. The van der Waals surface area contributed by atoms with Crippen LogP contribution in [0.2, 0.25) is 0 Å². The maximum absolute atomic E-state index is 13.3. The van der Waals surface area contributed by atoms with Crippen LogP contribution in [0.1, 0.15) is 54.8 Å². The van der Waals surface area contributed by atoms with Crippen LogP contribution in [0.5, 0.6) is 0 Å². The van der Waals surface area contributed by atoms with E-state index in [2.05, 4.69) is 23.9 Å². The zero-order chi connectivity index (χ0) is 19.8. The molecule has 3 aromatic rings. The number of fused-ring (bicyclic) bond motifs is 1. The van der Waals surface area contributed by atoms with E-state index in [-0.39, 0.29) is 17.9 Å². The van der Waals surface area contributed by atoms with E-state index in [1.54, 1.807) is 0 Å². The molecule has 7 heteroatoms. The molecule has 1 amide bonds. The van der Waals surface area contributed by atoms with Crippen molar-refractivity contribution in [2.45, 2.75) is 46.7 Å². The highest BCUT2D eigenvalue weighted by atomic mass is 16.4. The molecule has 0 aliphatic carbocycles. The average Bonchev–Trinajstić information content (AvgIpc) is 3.30. The highest BCUT2D eigenvalue weighted by Crippen LogP contribution is 2.33. The number of carbonyl (C=O) groups excluding carboxylic acids is 1. The van der Waals surface area contributed by atoms with Gasteiger partial charge in [-0.3, -0.25) is 4.79 Å². The van der Waals surface area contributed by atoms with Gasteiger partial charge in [0, 0.05) is 18.5 Å². The van der Waals surface area contributed by atoms with Crippen LogP contribution in [0.4, 0.5) is 0 Å². The van der Waals surface area contributed by atoms with E-state index < -0.39 is 0 Å². The topological polar surface area (TPSA) is 77.1 Å². The van der Waals surface area contributed by atoms with Crippen LogP contribution >= 0.6 is 0 Å². The molecule has 0 saturated carbocycles. The molecule has 0 radical (unpaired) electrons. The fraction of sp³-hybridized carbons (Fsp3) is 0.429. The van der Waals surface area contributed by atoms with Gasteiger partial charge in [-0.2, -0.15) is 5.10 Å². The molecule has 1 atom stereocenters. The van der Waals surface area contributed by atoms with Crippen LogP contribution in [-0.2, 0) is 13.0 Å². The summed E-state index contributed by atoms with van der Waals surface area (Å²) in [6, 6.07) is 9.76. The Morgan fingerprint density at radius 1 is 1.21 bits per heavy atom. The lowest BCUT2D eigenvalue weighted by Gasteiger charge is -2.36. The molecule has 3 heterocycles. The molecule has 146 valence electrons. The summed E-state index contributed by atoms with van der Waals surface area (Å²) in [6.07, 6.45) is 0.663. The van der Waals surface area contributed by atoms with Gasteiger partial charge < -0.3 is 9.32 Å². The summed E-state index contributed by atoms with van der Waals surface area (Å²) in [4.78, 5) is 24.3. The number of hydrogen-bond acceptors (Lipinski definition) is 5. The van der Waals surface area contributed by atoms with Crippen molar-refractivity contribution < 1.29 is 9.21 Å². The Labute approximate surface area is 164 Å². The van der Waals surface area contributed by atoms with Crippen LogP contribution < -0.4 is 0 Å². The quantitative estimate of drug-likeness (QED) is 0.691. The Morgan fingerprint density at radius 2 is 1.96 bits per heavy atom. The highest BCUT2D eigenvalue weighted by molar-refractivity contribution is 5.92. The second kappa shape index (κ2) is 7.22. The van der Waals surface area contributed by atoms with Crippen molar-refractivity contribution in [3.63, 3.8) is 0 Å². The summed E-state index contributed by atoms with van der Waals surface area (Å²) >= 11 is 0. The fourth-order valence-corrected chi connectivity index (χ4v) is 3.75. The summed E-state index contributed by atoms with van der Waals surface area (Å²) < 4.78 is 7.66. The largest absolute Gasteiger partial charge is 0.435 e. The third kappa shape index (κ3) is 3.10. The SMILES string of the molecule is CCc1nc(C)c(C(=O)N2CCn3nc(-c4ccccc4)nc3[C@@H]2C(C)C)o1. The third-order valence-electron chi connectivity index (χ3n) is 5.12. The summed E-state index contributed by atoms with van der Waals surface area (Å²) in [7, 11) is 0. The number of aromatic nitrogens is 4. The van der Waals surface area contributed by atoms with Gasteiger partial charge in [0.15, 0.2) is 17.5 Å². The van der Waals surface area contributed by atoms with Crippen molar-refractivity contribution in [1.29, 1.82) is 0 Å². The molecule has 0 spiro atoms. The molecule has 2 aromatic heterocycles. The first-order valence-electron chi connectivity index (χ1n) is 9.77. The van der Waals surface area contributed by atoms with Gasteiger partial charge in [0.2, 0.25) is 5.76 Å². The molecular formula is C21H25N5O2. The first kappa shape index (κ1) is 18.4. The lowest BCUT2D eigenvalue weighted by Crippen LogP contribution is -2.44. The normalized spacial score (nSPS) is 16.5. The zero-order valence-electron chi connectivity index (χ0n) is 16.7. The van der Waals surface area contributed by atoms with Crippen molar-refractivity contribution in [2.24, 2.45) is 5.92 Å². The molecule has 28 heavy (non-hydrogen) atoms. The van der Waals surface area contributed by atoms with Crippen LogP contribution in [0.25, 0.3) is 11.4 Å². The van der Waals surface area contributed by atoms with Gasteiger partial charge in [0.25, 0.3) is 5.91 Å². The molecule has 1 aromatic carbocycles. The van der Waals surface area contributed by atoms with E-state index >= 15 is 0 Å². The van der Waals surface area contributed by atoms with Crippen molar-refractivity contribution in [2.75, 3.05) is 6.54 Å². The number of carbonyl (C=O) groups is 1. The Kier molecular flexibility index (Phi) is 4.75. The number of hydrogen-bond donors (Lipinski definition) is 0. The van der Waals surface area contributed by atoms with E-state index in [9.17, 15) is 4.79 Å². The average molecular weight is 379 g/mol. The monoisotopic (exact) mass is 379 g/mol. The van der Waals surface area contributed by atoms with E-state index in [1.807, 2.05) is 53.8 Å². The second-order valence-electron chi connectivity index (χ2n) is 7.45. The Morgan fingerprint density at radius 3 is 2.61 bits per heavy atom. The van der Waals surface area contributed by atoms with Crippen molar-refractivity contribution >= 4 is 5.91 Å². The second-order valence-corrected chi connectivity index (χ2v) is 7.45. The third-order valence-corrected chi connectivity index (χ3v) is 5.12. The molecule has 0 saturated heterocycles. The van der Waals surface area contributed by atoms with Gasteiger partial charge in [-0.05, 0) is 12.8 Å². The van der Waals surface area contributed by atoms with E-state index in [4.69, 9.17) is 9.40 Å². The van der Waals surface area contributed by atoms with E-state index in [0.717, 1.165) is 11.4 Å². The maximum Gasteiger partial charge on any atom is 0.292 e. The Balaban J connectivity index is 1.71. The summed E-state index contributed by atoms with van der Waals surface area (Å²) in [5, 5.41) is 4.69. The molecule has 1 aliphatic heterocycles. The number of aryl methyl sites for hydroxylation is 2. The Hall–Kier alpha value is -2.96. The maximum atomic E-state index is 13.3. The molecule has 0 unspecified atom stereocenters. The van der Waals surface area contributed by atoms with Gasteiger partial charge in [-0.15, -0.1) is 0 Å². The lowest BCUT2D eigenvalue weighted by molar-refractivity contribution is 0.0502. The number of rotatable bonds is 4. The minimum Gasteiger partial charge on any atom is -0.435 e. The number of nitrogens with zero attached hydrogens (tertiary/aromatic N) is 5. The Bertz CT molecular complexity index is 990. The summed E-state index contributed by atoms with van der Waals surface area (Å²) in [5.74, 6) is 2.50. The minimum absolute atomic E-state index is 0.126. The number of amides is 1. The molecule has 7 nitrogen and oxygen atoms in total. The van der Waals surface area contributed by atoms with Gasteiger partial charge >= 0.3 is 0 Å². The predicted octanol–water partition coefficient (Wildman–Crippen LogP) is 3.66. The van der Waals surface area contributed by atoms with Crippen molar-refractivity contribution in [1.82, 2.24) is 24.6 Å². The molecule has 1 aliphatic rings. The smallest absolute Gasteiger partial charge is 0.292 e. The van der Waals surface area contributed by atoms with Crippen molar-refractivity contribution in [3.8, 4) is 11.4 Å². The van der Waals surface area contributed by atoms with Gasteiger partial charge in [0.1, 0.15) is 0 Å². The molecule has 0 bridgehead atoms. The van der Waals surface area contributed by atoms with E-state index in [0.29, 0.717) is 42.7 Å². The summed E-state index contributed by atoms with van der Waals surface area (Å²) in [6.45, 7) is 9.15. The standard InChI is InChI=1S/C21H25N5O2/c1-5-16-22-14(4)18(28-16)21(27)25-11-12-26-20(17(25)13(2)3)23-19(24-26)15-9-7-6-8-10-15/h6-10,13,17H,5,11-12H2,1-4H3/t17-/m0/s1. The first-order chi connectivity index (χ1) is 13.5. The molecule has 0 fully saturated rings. The van der Waals surface area contributed by atoms with Gasteiger partial charge in [-0.1, -0.05) is 51.1 Å². The zero-order valence-corrected chi connectivity index (χ0v) is 16.7. The highest BCUT2D eigenvalue weighted by Gasteiger charge is 2.38.